The Kier molecular flexibility index (Phi) is 4.48. The zero-order valence-electron chi connectivity index (χ0n) is 13.1. The fourth-order valence-electron chi connectivity index (χ4n) is 2.64. The van der Waals surface area contributed by atoms with E-state index in [0.717, 1.165) is 40.4 Å². The predicted octanol–water partition coefficient (Wildman–Crippen LogP) is 3.33. The lowest BCUT2D eigenvalue weighted by Crippen LogP contribution is -2.22. The van der Waals surface area contributed by atoms with Gasteiger partial charge in [0.05, 0.1) is 0 Å². The molecule has 21 heavy (non-hydrogen) atoms. The summed E-state index contributed by atoms with van der Waals surface area (Å²) in [4.78, 5) is 6.80. The molecule has 0 fully saturated rings. The Morgan fingerprint density at radius 1 is 1.14 bits per heavy atom. The topological polar surface area (TPSA) is 62.4 Å². The van der Waals surface area contributed by atoms with E-state index >= 15 is 0 Å². The Bertz CT molecular complexity index is 653. The number of hydrogen-bond donors (Lipinski definition) is 2. The van der Waals surface area contributed by atoms with E-state index in [1.54, 1.807) is 12.1 Å². The molecule has 0 aliphatic heterocycles. The molecule has 0 atom stereocenters. The summed E-state index contributed by atoms with van der Waals surface area (Å²) in [6, 6.07) is 7.44. The predicted molar refractivity (Wildman–Crippen MR) is 87.1 cm³/mol. The normalized spacial score (nSPS) is 10.7. The van der Waals surface area contributed by atoms with Crippen LogP contribution in [-0.4, -0.2) is 16.6 Å². The van der Waals surface area contributed by atoms with Gasteiger partial charge in [-0.15, -0.1) is 0 Å². The highest BCUT2D eigenvalue weighted by atomic mass is 16.3. The molecule has 1 aromatic carbocycles. The van der Waals surface area contributed by atoms with E-state index in [-0.39, 0.29) is 5.75 Å². The van der Waals surface area contributed by atoms with Crippen molar-refractivity contribution in [3.05, 3.63) is 46.6 Å². The van der Waals surface area contributed by atoms with Crippen LogP contribution in [-0.2, 0) is 6.54 Å². The number of aromatic nitrogens is 1. The molecule has 2 aromatic rings. The van der Waals surface area contributed by atoms with Gasteiger partial charge in [-0.25, -0.2) is 4.98 Å². The first kappa shape index (κ1) is 15.3. The largest absolute Gasteiger partial charge is 0.508 e. The molecule has 0 bridgehead atoms. The molecule has 0 aliphatic carbocycles. The van der Waals surface area contributed by atoms with Gasteiger partial charge in [-0.3, -0.25) is 0 Å². The average Bonchev–Trinajstić information content (AvgIpc) is 2.43. The third kappa shape index (κ3) is 3.00. The molecular formula is C17H23N3O. The van der Waals surface area contributed by atoms with E-state index in [0.29, 0.717) is 6.54 Å². The summed E-state index contributed by atoms with van der Waals surface area (Å²) in [6.45, 7) is 9.35. The van der Waals surface area contributed by atoms with Crippen molar-refractivity contribution in [1.82, 2.24) is 4.98 Å². The van der Waals surface area contributed by atoms with Crippen LogP contribution >= 0.6 is 0 Å². The van der Waals surface area contributed by atoms with Gasteiger partial charge in [-0.2, -0.15) is 0 Å². The van der Waals surface area contributed by atoms with E-state index in [4.69, 9.17) is 5.73 Å². The zero-order chi connectivity index (χ0) is 15.6. The standard InChI is InChI=1S/C17H23N3O/c1-5-20(16-9-14(21)7-6-11(16)2)17-15(10-18)12(3)8-13(4)19-17/h6-9,21H,5,10,18H2,1-4H3. The molecule has 3 N–H and O–H groups in total. The lowest BCUT2D eigenvalue weighted by molar-refractivity contribution is 0.475. The van der Waals surface area contributed by atoms with Gasteiger partial charge in [0, 0.05) is 36.1 Å². The maximum Gasteiger partial charge on any atom is 0.138 e. The van der Waals surface area contributed by atoms with Crippen LogP contribution in [0.1, 0.15) is 29.3 Å². The molecule has 112 valence electrons. The van der Waals surface area contributed by atoms with Crippen LogP contribution in [0.4, 0.5) is 11.5 Å². The second-order valence-corrected chi connectivity index (χ2v) is 5.30. The van der Waals surface area contributed by atoms with Gasteiger partial charge in [0.2, 0.25) is 0 Å². The second-order valence-electron chi connectivity index (χ2n) is 5.30. The molecule has 1 aromatic heterocycles. The summed E-state index contributed by atoms with van der Waals surface area (Å²) in [7, 11) is 0. The highest BCUT2D eigenvalue weighted by Crippen LogP contribution is 2.33. The van der Waals surface area contributed by atoms with Gasteiger partial charge in [-0.05, 0) is 51.0 Å². The first-order valence-corrected chi connectivity index (χ1v) is 7.22. The van der Waals surface area contributed by atoms with Crippen molar-refractivity contribution in [2.45, 2.75) is 34.2 Å². The molecule has 0 saturated carbocycles. The molecular weight excluding hydrogens is 262 g/mol. The molecule has 4 nitrogen and oxygen atoms in total. The summed E-state index contributed by atoms with van der Waals surface area (Å²) in [5.41, 5.74) is 11.1. The SMILES string of the molecule is CCN(c1cc(O)ccc1C)c1nc(C)cc(C)c1CN. The van der Waals surface area contributed by atoms with Gasteiger partial charge in [0.1, 0.15) is 11.6 Å². The number of phenolic OH excluding ortho intramolecular Hbond substituents is 1. The third-order valence-corrected chi connectivity index (χ3v) is 3.71. The first-order chi connectivity index (χ1) is 9.97. The number of nitrogens with zero attached hydrogens (tertiary/aromatic N) is 2. The molecule has 0 saturated heterocycles. The molecule has 4 heteroatoms. The second kappa shape index (κ2) is 6.14. The highest BCUT2D eigenvalue weighted by molar-refractivity contribution is 5.68. The van der Waals surface area contributed by atoms with Crippen molar-refractivity contribution >= 4 is 11.5 Å². The van der Waals surface area contributed by atoms with E-state index in [9.17, 15) is 5.11 Å². The fraction of sp³-hybridized carbons (Fsp3) is 0.353. The summed E-state index contributed by atoms with van der Waals surface area (Å²) in [5.74, 6) is 1.14. The third-order valence-electron chi connectivity index (χ3n) is 3.71. The summed E-state index contributed by atoms with van der Waals surface area (Å²) < 4.78 is 0. The van der Waals surface area contributed by atoms with Gasteiger partial charge in [0.15, 0.2) is 0 Å². The molecule has 1 heterocycles. The first-order valence-electron chi connectivity index (χ1n) is 7.22. The highest BCUT2D eigenvalue weighted by Gasteiger charge is 2.17. The van der Waals surface area contributed by atoms with Crippen molar-refractivity contribution in [2.75, 3.05) is 11.4 Å². The molecule has 2 rings (SSSR count). The van der Waals surface area contributed by atoms with Crippen molar-refractivity contribution in [3.8, 4) is 5.75 Å². The van der Waals surface area contributed by atoms with Crippen molar-refractivity contribution in [1.29, 1.82) is 0 Å². The number of aryl methyl sites for hydroxylation is 3. The zero-order valence-corrected chi connectivity index (χ0v) is 13.1. The van der Waals surface area contributed by atoms with Gasteiger partial charge < -0.3 is 15.7 Å². The monoisotopic (exact) mass is 285 g/mol. The molecule has 0 aliphatic rings. The number of rotatable bonds is 4. The number of benzene rings is 1. The van der Waals surface area contributed by atoms with Crippen LogP contribution in [0.2, 0.25) is 0 Å². The Balaban J connectivity index is 2.64. The van der Waals surface area contributed by atoms with E-state index in [1.807, 2.05) is 19.9 Å². The smallest absolute Gasteiger partial charge is 0.138 e. The Hall–Kier alpha value is -2.07. The van der Waals surface area contributed by atoms with E-state index in [2.05, 4.69) is 29.8 Å². The van der Waals surface area contributed by atoms with Crippen LogP contribution in [0.15, 0.2) is 24.3 Å². The minimum atomic E-state index is 0.257. The summed E-state index contributed by atoms with van der Waals surface area (Å²) in [5, 5.41) is 9.79. The van der Waals surface area contributed by atoms with Crippen LogP contribution in [0, 0.1) is 20.8 Å². The number of anilines is 2. The number of aromatic hydroxyl groups is 1. The van der Waals surface area contributed by atoms with Crippen molar-refractivity contribution in [2.24, 2.45) is 5.73 Å². The summed E-state index contributed by atoms with van der Waals surface area (Å²) >= 11 is 0. The molecule has 0 amide bonds. The van der Waals surface area contributed by atoms with E-state index < -0.39 is 0 Å². The Labute approximate surface area is 126 Å². The lowest BCUT2D eigenvalue weighted by Gasteiger charge is -2.27. The average molecular weight is 285 g/mol. The minimum absolute atomic E-state index is 0.257. The summed E-state index contributed by atoms with van der Waals surface area (Å²) in [6.07, 6.45) is 0. The Morgan fingerprint density at radius 2 is 1.86 bits per heavy atom. The van der Waals surface area contributed by atoms with Crippen LogP contribution in [0.3, 0.4) is 0 Å². The van der Waals surface area contributed by atoms with Gasteiger partial charge in [0.25, 0.3) is 0 Å². The minimum Gasteiger partial charge on any atom is -0.508 e. The number of phenols is 1. The molecule has 0 unspecified atom stereocenters. The van der Waals surface area contributed by atoms with Crippen LogP contribution < -0.4 is 10.6 Å². The fourth-order valence-corrected chi connectivity index (χ4v) is 2.64. The molecule has 0 spiro atoms. The maximum atomic E-state index is 9.79. The number of nitrogens with two attached hydrogens (primary N) is 1. The maximum absolute atomic E-state index is 9.79. The van der Waals surface area contributed by atoms with Crippen LogP contribution in [0.25, 0.3) is 0 Å². The van der Waals surface area contributed by atoms with Crippen molar-refractivity contribution < 1.29 is 5.11 Å². The van der Waals surface area contributed by atoms with Gasteiger partial charge >= 0.3 is 0 Å². The molecule has 0 radical (unpaired) electrons. The van der Waals surface area contributed by atoms with Gasteiger partial charge in [-0.1, -0.05) is 6.07 Å². The van der Waals surface area contributed by atoms with Crippen LogP contribution in [0.5, 0.6) is 5.75 Å². The number of hydrogen-bond acceptors (Lipinski definition) is 4. The Morgan fingerprint density at radius 3 is 2.48 bits per heavy atom. The van der Waals surface area contributed by atoms with Crippen molar-refractivity contribution in [3.63, 3.8) is 0 Å². The van der Waals surface area contributed by atoms with E-state index in [1.165, 1.54) is 0 Å². The quantitative estimate of drug-likeness (QED) is 0.904. The lowest BCUT2D eigenvalue weighted by atomic mass is 10.1. The number of pyridine rings is 1.